The van der Waals surface area contributed by atoms with E-state index in [0.29, 0.717) is 18.2 Å². The van der Waals surface area contributed by atoms with Crippen LogP contribution >= 0.6 is 0 Å². The molecule has 7 heteroatoms. The molecule has 0 saturated heterocycles. The van der Waals surface area contributed by atoms with Crippen LogP contribution in [0, 0.1) is 11.6 Å². The van der Waals surface area contributed by atoms with Crippen molar-refractivity contribution < 1.29 is 18.3 Å². The molecule has 5 nitrogen and oxygen atoms in total. The molecule has 21 heavy (non-hydrogen) atoms. The summed E-state index contributed by atoms with van der Waals surface area (Å²) in [7, 11) is 1.51. The summed E-state index contributed by atoms with van der Waals surface area (Å²) in [6, 6.07) is 5.20. The van der Waals surface area contributed by atoms with Crippen molar-refractivity contribution in [1.29, 1.82) is 0 Å². The number of methoxy groups -OCH3 is 1. The Morgan fingerprint density at radius 2 is 2.05 bits per heavy atom. The molecule has 0 aliphatic rings. The number of benzene rings is 1. The largest absolute Gasteiger partial charge is 0.436 e. The fraction of sp³-hybridized carbons (Fsp3) is 0.286. The second kappa shape index (κ2) is 6.94. The van der Waals surface area contributed by atoms with Gasteiger partial charge in [-0.05, 0) is 19.1 Å². The molecule has 1 heterocycles. The zero-order valence-corrected chi connectivity index (χ0v) is 11.7. The van der Waals surface area contributed by atoms with E-state index < -0.39 is 11.6 Å². The van der Waals surface area contributed by atoms with Crippen LogP contribution in [0.2, 0.25) is 0 Å². The van der Waals surface area contributed by atoms with Gasteiger partial charge in [0, 0.05) is 19.7 Å². The molecule has 0 saturated carbocycles. The molecular weight excluding hydrogens is 280 g/mol. The van der Waals surface area contributed by atoms with Crippen LogP contribution in [0.3, 0.4) is 0 Å². The Balaban J connectivity index is 2.31. The number of ether oxygens (including phenoxy) is 2. The van der Waals surface area contributed by atoms with Crippen LogP contribution in [-0.4, -0.2) is 23.6 Å². The lowest BCUT2D eigenvalue weighted by Crippen LogP contribution is -2.05. The van der Waals surface area contributed by atoms with E-state index in [0.717, 1.165) is 6.07 Å². The first-order valence-corrected chi connectivity index (χ1v) is 6.36. The van der Waals surface area contributed by atoms with E-state index in [1.165, 1.54) is 25.3 Å². The second-order valence-electron chi connectivity index (χ2n) is 4.13. The summed E-state index contributed by atoms with van der Waals surface area (Å²) in [6.07, 6.45) is 0. The Kier molecular flexibility index (Phi) is 4.99. The van der Waals surface area contributed by atoms with Gasteiger partial charge in [-0.25, -0.2) is 9.37 Å². The first-order valence-electron chi connectivity index (χ1n) is 6.36. The lowest BCUT2D eigenvalue weighted by Gasteiger charge is -2.10. The molecule has 0 atom stereocenters. The normalized spacial score (nSPS) is 10.5. The van der Waals surface area contributed by atoms with Gasteiger partial charge in [0.2, 0.25) is 11.7 Å². The summed E-state index contributed by atoms with van der Waals surface area (Å²) in [4.78, 5) is 8.28. The van der Waals surface area contributed by atoms with Crippen LogP contribution in [0.5, 0.6) is 11.6 Å². The summed E-state index contributed by atoms with van der Waals surface area (Å²) in [5.41, 5.74) is 0. The fourth-order valence-corrected chi connectivity index (χ4v) is 1.67. The quantitative estimate of drug-likeness (QED) is 0.887. The fourth-order valence-electron chi connectivity index (χ4n) is 1.67. The number of nitrogens with one attached hydrogen (secondary N) is 1. The van der Waals surface area contributed by atoms with E-state index in [2.05, 4.69) is 15.3 Å². The summed E-state index contributed by atoms with van der Waals surface area (Å²) >= 11 is 0. The van der Waals surface area contributed by atoms with Gasteiger partial charge in [0.15, 0.2) is 17.4 Å². The molecule has 0 aliphatic carbocycles. The van der Waals surface area contributed by atoms with Gasteiger partial charge in [0.1, 0.15) is 12.4 Å². The number of anilines is 1. The van der Waals surface area contributed by atoms with E-state index in [-0.39, 0.29) is 18.2 Å². The number of hydrogen-bond donors (Lipinski definition) is 1. The molecule has 112 valence electrons. The highest BCUT2D eigenvalue weighted by Crippen LogP contribution is 2.25. The molecule has 0 amide bonds. The average Bonchev–Trinajstić information content (AvgIpc) is 2.44. The Morgan fingerprint density at radius 1 is 1.24 bits per heavy atom. The van der Waals surface area contributed by atoms with Crippen LogP contribution in [-0.2, 0) is 11.3 Å². The Bertz CT molecular complexity index is 599. The third-order valence-corrected chi connectivity index (χ3v) is 2.51. The first-order chi connectivity index (χ1) is 10.1. The Morgan fingerprint density at radius 3 is 2.76 bits per heavy atom. The van der Waals surface area contributed by atoms with Gasteiger partial charge < -0.3 is 14.8 Å². The molecule has 0 radical (unpaired) electrons. The molecule has 2 aromatic rings. The van der Waals surface area contributed by atoms with Gasteiger partial charge in [0.05, 0.1) is 0 Å². The lowest BCUT2D eigenvalue weighted by atomic mass is 10.3. The van der Waals surface area contributed by atoms with Gasteiger partial charge in [-0.3, -0.25) is 0 Å². The lowest BCUT2D eigenvalue weighted by molar-refractivity contribution is 0.177. The standard InChI is InChI=1S/C14H15F2N3O2/c1-3-17-11-7-13(19-12(18-11)8-20-2)21-10-6-4-5-9(15)14(10)16/h4-7H,3,8H2,1-2H3,(H,17,18,19). The molecule has 1 aromatic heterocycles. The molecule has 0 fully saturated rings. The van der Waals surface area contributed by atoms with Gasteiger partial charge in [-0.15, -0.1) is 0 Å². The van der Waals surface area contributed by atoms with Gasteiger partial charge in [0.25, 0.3) is 0 Å². The van der Waals surface area contributed by atoms with E-state index in [1.54, 1.807) is 0 Å². The van der Waals surface area contributed by atoms with Crippen LogP contribution in [0.25, 0.3) is 0 Å². The minimum Gasteiger partial charge on any atom is -0.436 e. The Labute approximate surface area is 120 Å². The summed E-state index contributed by atoms with van der Waals surface area (Å²) < 4.78 is 37.0. The molecule has 0 bridgehead atoms. The van der Waals surface area contributed by atoms with Crippen LogP contribution in [0.15, 0.2) is 24.3 Å². The monoisotopic (exact) mass is 295 g/mol. The minimum absolute atomic E-state index is 0.109. The highest BCUT2D eigenvalue weighted by atomic mass is 19.2. The summed E-state index contributed by atoms with van der Waals surface area (Å²) in [5.74, 6) is -1.27. The number of rotatable bonds is 6. The van der Waals surface area contributed by atoms with E-state index in [9.17, 15) is 8.78 Å². The van der Waals surface area contributed by atoms with Crippen molar-refractivity contribution in [2.24, 2.45) is 0 Å². The topological polar surface area (TPSA) is 56.3 Å². The first kappa shape index (κ1) is 15.1. The maximum absolute atomic E-state index is 13.6. The highest BCUT2D eigenvalue weighted by Gasteiger charge is 2.12. The minimum atomic E-state index is -1.06. The summed E-state index contributed by atoms with van der Waals surface area (Å²) in [5, 5.41) is 3.00. The van der Waals surface area contributed by atoms with Crippen molar-refractivity contribution in [2.45, 2.75) is 13.5 Å². The summed E-state index contributed by atoms with van der Waals surface area (Å²) in [6.45, 7) is 2.74. The van der Waals surface area contributed by atoms with Crippen molar-refractivity contribution >= 4 is 5.82 Å². The zero-order valence-electron chi connectivity index (χ0n) is 11.7. The van der Waals surface area contributed by atoms with Crippen molar-refractivity contribution in [1.82, 2.24) is 9.97 Å². The predicted molar refractivity (Wildman–Crippen MR) is 73.3 cm³/mol. The van der Waals surface area contributed by atoms with Gasteiger partial charge in [-0.2, -0.15) is 9.37 Å². The average molecular weight is 295 g/mol. The van der Waals surface area contributed by atoms with E-state index in [4.69, 9.17) is 9.47 Å². The third kappa shape index (κ3) is 3.85. The number of nitrogens with zero attached hydrogens (tertiary/aromatic N) is 2. The maximum atomic E-state index is 13.6. The second-order valence-corrected chi connectivity index (χ2v) is 4.13. The predicted octanol–water partition coefficient (Wildman–Crippen LogP) is 3.13. The molecule has 1 aromatic carbocycles. The number of hydrogen-bond acceptors (Lipinski definition) is 5. The molecule has 0 spiro atoms. The van der Waals surface area contributed by atoms with E-state index >= 15 is 0 Å². The zero-order chi connectivity index (χ0) is 15.2. The molecule has 0 aliphatic heterocycles. The maximum Gasteiger partial charge on any atom is 0.224 e. The highest BCUT2D eigenvalue weighted by molar-refractivity contribution is 5.40. The van der Waals surface area contributed by atoms with Crippen molar-refractivity contribution in [3.63, 3.8) is 0 Å². The van der Waals surface area contributed by atoms with Crippen molar-refractivity contribution in [2.75, 3.05) is 19.0 Å². The van der Waals surface area contributed by atoms with Crippen LogP contribution in [0.1, 0.15) is 12.7 Å². The SMILES string of the molecule is CCNc1cc(Oc2cccc(F)c2F)nc(COC)n1. The van der Waals surface area contributed by atoms with Gasteiger partial charge in [-0.1, -0.05) is 6.07 Å². The van der Waals surface area contributed by atoms with Crippen LogP contribution < -0.4 is 10.1 Å². The number of aromatic nitrogens is 2. The van der Waals surface area contributed by atoms with Crippen molar-refractivity contribution in [3.8, 4) is 11.6 Å². The number of halogens is 2. The molecular formula is C14H15F2N3O2. The Hall–Kier alpha value is -2.28. The molecule has 1 N–H and O–H groups in total. The molecule has 2 rings (SSSR count). The molecule has 0 unspecified atom stereocenters. The smallest absolute Gasteiger partial charge is 0.224 e. The van der Waals surface area contributed by atoms with Crippen LogP contribution in [0.4, 0.5) is 14.6 Å². The van der Waals surface area contributed by atoms with Gasteiger partial charge >= 0.3 is 0 Å². The van der Waals surface area contributed by atoms with Crippen molar-refractivity contribution in [3.05, 3.63) is 41.7 Å². The van der Waals surface area contributed by atoms with E-state index in [1.807, 2.05) is 6.92 Å². The third-order valence-electron chi connectivity index (χ3n) is 2.51.